The molecule has 23 heavy (non-hydrogen) atoms. The zero-order valence-corrected chi connectivity index (χ0v) is 14.9. The Labute approximate surface area is 142 Å². The highest BCUT2D eigenvalue weighted by Crippen LogP contribution is 2.12. The number of benzene rings is 1. The molecule has 2 aromatic rings. The molecule has 122 valence electrons. The van der Waals surface area contributed by atoms with Crippen molar-refractivity contribution in [3.05, 3.63) is 57.0 Å². The highest BCUT2D eigenvalue weighted by molar-refractivity contribution is 7.09. The lowest BCUT2D eigenvalue weighted by Crippen LogP contribution is -2.22. The highest BCUT2D eigenvalue weighted by Gasteiger charge is 2.00. The Bertz CT molecular complexity index is 688. The molecule has 1 heterocycles. The van der Waals surface area contributed by atoms with Crippen LogP contribution in [0.1, 0.15) is 40.2 Å². The Morgan fingerprint density at radius 2 is 2.09 bits per heavy atom. The summed E-state index contributed by atoms with van der Waals surface area (Å²) in [5, 5.41) is 6.19. The average molecular weight is 328 g/mol. The quantitative estimate of drug-likeness (QED) is 0.611. The van der Waals surface area contributed by atoms with Crippen molar-refractivity contribution in [1.82, 2.24) is 10.3 Å². The van der Waals surface area contributed by atoms with E-state index in [0.717, 1.165) is 30.5 Å². The van der Waals surface area contributed by atoms with Gasteiger partial charge in [0.05, 0.1) is 5.01 Å². The van der Waals surface area contributed by atoms with Crippen molar-refractivity contribution >= 4 is 23.3 Å². The molecular weight excluding hydrogens is 304 g/mol. The summed E-state index contributed by atoms with van der Waals surface area (Å²) in [7, 11) is 0. The van der Waals surface area contributed by atoms with Crippen molar-refractivity contribution in [2.75, 3.05) is 6.54 Å². The average Bonchev–Trinajstić information content (AvgIpc) is 2.91. The van der Waals surface area contributed by atoms with Gasteiger partial charge in [0.25, 0.3) is 0 Å². The maximum absolute atomic E-state index is 11.8. The lowest BCUT2D eigenvalue weighted by molar-refractivity contribution is -0.116. The molecule has 0 aliphatic heterocycles. The van der Waals surface area contributed by atoms with E-state index in [-0.39, 0.29) is 5.91 Å². The van der Waals surface area contributed by atoms with E-state index < -0.39 is 0 Å². The lowest BCUT2D eigenvalue weighted by Gasteiger charge is -2.03. The van der Waals surface area contributed by atoms with Crippen LogP contribution < -0.4 is 5.32 Å². The second-order valence-electron chi connectivity index (χ2n) is 5.82. The number of amides is 1. The first-order chi connectivity index (χ1) is 11.0. The van der Waals surface area contributed by atoms with Gasteiger partial charge in [-0.25, -0.2) is 4.98 Å². The van der Waals surface area contributed by atoms with Crippen LogP contribution in [0.3, 0.4) is 0 Å². The van der Waals surface area contributed by atoms with Crippen LogP contribution in [0, 0.1) is 20.8 Å². The van der Waals surface area contributed by atoms with E-state index in [2.05, 4.69) is 41.7 Å². The second kappa shape index (κ2) is 8.63. The van der Waals surface area contributed by atoms with Gasteiger partial charge in [0.15, 0.2) is 0 Å². The molecule has 1 aromatic carbocycles. The Hall–Kier alpha value is -1.94. The smallest absolute Gasteiger partial charge is 0.243 e. The van der Waals surface area contributed by atoms with E-state index in [4.69, 9.17) is 0 Å². The maximum Gasteiger partial charge on any atom is 0.243 e. The van der Waals surface area contributed by atoms with Crippen molar-refractivity contribution < 1.29 is 4.79 Å². The number of nitrogens with one attached hydrogen (secondary N) is 1. The predicted octanol–water partition coefficient (Wildman–Crippen LogP) is 4.22. The summed E-state index contributed by atoms with van der Waals surface area (Å²) in [5.41, 5.74) is 4.60. The maximum atomic E-state index is 11.8. The van der Waals surface area contributed by atoms with Crippen LogP contribution >= 0.6 is 11.3 Å². The van der Waals surface area contributed by atoms with Crippen LogP contribution in [0.5, 0.6) is 0 Å². The van der Waals surface area contributed by atoms with Crippen molar-refractivity contribution in [3.63, 3.8) is 0 Å². The molecular formula is C19H24N2OS. The van der Waals surface area contributed by atoms with E-state index in [1.54, 1.807) is 17.4 Å². The number of aromatic nitrogens is 1. The number of carbonyl (C=O) groups excluding carboxylic acids is 1. The van der Waals surface area contributed by atoms with Crippen LogP contribution in [0.15, 0.2) is 29.7 Å². The molecule has 0 bridgehead atoms. The Kier molecular flexibility index (Phi) is 6.53. The number of aryl methyl sites for hydroxylation is 4. The normalized spacial score (nSPS) is 11.1. The van der Waals surface area contributed by atoms with E-state index in [1.807, 2.05) is 19.1 Å². The van der Waals surface area contributed by atoms with Gasteiger partial charge >= 0.3 is 0 Å². The predicted molar refractivity (Wildman–Crippen MR) is 97.7 cm³/mol. The standard InChI is InChI=1S/C19H24N2OS/c1-14-7-8-17(15(2)12-14)9-10-18(22)20-11-5-4-6-19-21-16(3)13-23-19/h7-10,12-13H,4-6,11H2,1-3H3,(H,20,22)/b10-9+. The van der Waals surface area contributed by atoms with Gasteiger partial charge in [-0.15, -0.1) is 11.3 Å². The molecule has 2 rings (SSSR count). The van der Waals surface area contributed by atoms with E-state index in [0.29, 0.717) is 6.54 Å². The minimum atomic E-state index is -0.0323. The second-order valence-corrected chi connectivity index (χ2v) is 6.77. The zero-order chi connectivity index (χ0) is 16.7. The summed E-state index contributed by atoms with van der Waals surface area (Å²) in [6.45, 7) is 6.86. The number of carbonyl (C=O) groups is 1. The molecule has 0 radical (unpaired) electrons. The third kappa shape index (κ3) is 5.99. The summed E-state index contributed by atoms with van der Waals surface area (Å²) >= 11 is 1.71. The number of thiazole rings is 1. The molecule has 0 aliphatic rings. The summed E-state index contributed by atoms with van der Waals surface area (Å²) < 4.78 is 0. The van der Waals surface area contributed by atoms with Gasteiger partial charge in [-0.05, 0) is 57.2 Å². The fourth-order valence-corrected chi connectivity index (χ4v) is 3.19. The summed E-state index contributed by atoms with van der Waals surface area (Å²) in [5.74, 6) is -0.0323. The number of rotatable bonds is 7. The van der Waals surface area contributed by atoms with E-state index in [1.165, 1.54) is 16.1 Å². The fourth-order valence-electron chi connectivity index (χ4n) is 2.37. The van der Waals surface area contributed by atoms with Gasteiger partial charge in [0, 0.05) is 23.7 Å². The van der Waals surface area contributed by atoms with Gasteiger partial charge in [-0.2, -0.15) is 0 Å². The Balaban J connectivity index is 1.67. The molecule has 0 spiro atoms. The first-order valence-corrected chi connectivity index (χ1v) is 8.87. The number of unbranched alkanes of at least 4 members (excludes halogenated alkanes) is 1. The first-order valence-electron chi connectivity index (χ1n) is 7.99. The van der Waals surface area contributed by atoms with Crippen LogP contribution in [0.4, 0.5) is 0 Å². The van der Waals surface area contributed by atoms with Gasteiger partial charge in [0.2, 0.25) is 5.91 Å². The molecule has 1 amide bonds. The zero-order valence-electron chi connectivity index (χ0n) is 14.1. The van der Waals surface area contributed by atoms with Crippen molar-refractivity contribution in [2.45, 2.75) is 40.0 Å². The van der Waals surface area contributed by atoms with E-state index >= 15 is 0 Å². The Morgan fingerprint density at radius 3 is 2.78 bits per heavy atom. The van der Waals surface area contributed by atoms with Crippen LogP contribution in [0.25, 0.3) is 6.08 Å². The van der Waals surface area contributed by atoms with Crippen LogP contribution in [0.2, 0.25) is 0 Å². The summed E-state index contributed by atoms with van der Waals surface area (Å²) in [4.78, 5) is 16.3. The molecule has 0 atom stereocenters. The molecule has 1 N–H and O–H groups in total. The van der Waals surface area contributed by atoms with Crippen molar-refractivity contribution in [1.29, 1.82) is 0 Å². The largest absolute Gasteiger partial charge is 0.353 e. The summed E-state index contributed by atoms with van der Waals surface area (Å²) in [6.07, 6.45) is 6.51. The Morgan fingerprint density at radius 1 is 1.26 bits per heavy atom. The minimum absolute atomic E-state index is 0.0323. The highest BCUT2D eigenvalue weighted by atomic mass is 32.1. The third-order valence-electron chi connectivity index (χ3n) is 3.62. The van der Waals surface area contributed by atoms with Gasteiger partial charge in [-0.3, -0.25) is 4.79 Å². The monoisotopic (exact) mass is 328 g/mol. The van der Waals surface area contributed by atoms with Crippen molar-refractivity contribution in [3.8, 4) is 0 Å². The molecule has 1 aromatic heterocycles. The minimum Gasteiger partial charge on any atom is -0.353 e. The lowest BCUT2D eigenvalue weighted by atomic mass is 10.1. The van der Waals surface area contributed by atoms with Gasteiger partial charge in [0.1, 0.15) is 0 Å². The molecule has 0 saturated carbocycles. The van der Waals surface area contributed by atoms with Crippen LogP contribution in [-0.4, -0.2) is 17.4 Å². The molecule has 0 aliphatic carbocycles. The SMILES string of the molecule is Cc1ccc(/C=C/C(=O)NCCCCc2nc(C)cs2)c(C)c1. The molecule has 0 unspecified atom stereocenters. The topological polar surface area (TPSA) is 42.0 Å². The fraction of sp³-hybridized carbons (Fsp3) is 0.368. The molecule has 0 fully saturated rings. The molecule has 4 heteroatoms. The molecule has 3 nitrogen and oxygen atoms in total. The van der Waals surface area contributed by atoms with E-state index in [9.17, 15) is 4.79 Å². The first kappa shape index (κ1) is 17.4. The number of nitrogens with zero attached hydrogens (tertiary/aromatic N) is 1. The third-order valence-corrected chi connectivity index (χ3v) is 4.65. The van der Waals surface area contributed by atoms with Gasteiger partial charge in [-0.1, -0.05) is 23.8 Å². The number of hydrogen-bond acceptors (Lipinski definition) is 3. The summed E-state index contributed by atoms with van der Waals surface area (Å²) in [6, 6.07) is 6.23. The van der Waals surface area contributed by atoms with Crippen LogP contribution in [-0.2, 0) is 11.2 Å². The van der Waals surface area contributed by atoms with Crippen molar-refractivity contribution in [2.24, 2.45) is 0 Å². The van der Waals surface area contributed by atoms with Gasteiger partial charge < -0.3 is 5.32 Å². The number of hydrogen-bond donors (Lipinski definition) is 1. The molecule has 0 saturated heterocycles.